The number of halogens is 2. The Morgan fingerprint density at radius 3 is 2.41 bits per heavy atom. The second kappa shape index (κ2) is 10.4. The molecule has 2 heterocycles. The first-order valence-electron chi connectivity index (χ1n) is 12.0. The van der Waals surface area contributed by atoms with E-state index in [1.807, 2.05) is 13.2 Å². The number of hydrogen-bond acceptors (Lipinski definition) is 6. The van der Waals surface area contributed by atoms with Gasteiger partial charge in [-0.05, 0) is 61.4 Å². The molecule has 11 heteroatoms. The molecule has 1 aliphatic heterocycles. The first kappa shape index (κ1) is 25.6. The van der Waals surface area contributed by atoms with E-state index < -0.39 is 28.9 Å². The van der Waals surface area contributed by atoms with Gasteiger partial charge >= 0.3 is 0 Å². The van der Waals surface area contributed by atoms with Crippen LogP contribution in [0.25, 0.3) is 5.57 Å². The fraction of sp³-hybridized carbons (Fsp3) is 0.143. The summed E-state index contributed by atoms with van der Waals surface area (Å²) < 4.78 is 35.8. The zero-order chi connectivity index (χ0) is 27.6. The lowest BCUT2D eigenvalue weighted by molar-refractivity contribution is -0.131. The van der Waals surface area contributed by atoms with Crippen LogP contribution in [-0.2, 0) is 16.6 Å². The Labute approximate surface area is 222 Å². The summed E-state index contributed by atoms with van der Waals surface area (Å²) in [5, 5.41) is 15.7. The standard InChI is InChI=1S/C28H24F2N6O3/c1-36-15-23(33-16-36)17-12-25(22(8-11-31)32-14-17)39-24-7-6-20(13-21(24)30)35-27(38)28(9-10-28)26(37)34-19-4-2-18(29)3-5-19/h2-8,11-16,31-32H,9-10H2,1H3,(H,34,37)(H,35,38)/b22-8-,31-11?. The van der Waals surface area contributed by atoms with Crippen molar-refractivity contribution >= 4 is 35.0 Å². The van der Waals surface area contributed by atoms with Crippen molar-refractivity contribution < 1.29 is 23.1 Å². The second-order valence-corrected chi connectivity index (χ2v) is 9.17. The quantitative estimate of drug-likeness (QED) is 0.253. The lowest BCUT2D eigenvalue weighted by atomic mass is 10.0. The normalized spacial score (nSPS) is 16.4. The number of carbonyl (C=O) groups excluding carboxylic acids is 2. The summed E-state index contributed by atoms with van der Waals surface area (Å²) in [7, 11) is 1.84. The van der Waals surface area contributed by atoms with E-state index in [0.717, 1.165) is 12.3 Å². The molecular formula is C28H24F2N6O3. The zero-order valence-corrected chi connectivity index (χ0v) is 20.8. The number of benzene rings is 2. The average molecular weight is 531 g/mol. The molecule has 2 amide bonds. The van der Waals surface area contributed by atoms with Gasteiger partial charge in [0, 0.05) is 48.7 Å². The predicted octanol–water partition coefficient (Wildman–Crippen LogP) is 4.50. The van der Waals surface area contributed by atoms with Crippen LogP contribution in [0.15, 0.2) is 84.8 Å². The second-order valence-electron chi connectivity index (χ2n) is 9.17. The number of nitrogens with zero attached hydrogens (tertiary/aromatic N) is 2. The Balaban J connectivity index is 1.29. The maximum absolute atomic E-state index is 15.1. The van der Waals surface area contributed by atoms with Gasteiger partial charge in [0.25, 0.3) is 0 Å². The van der Waals surface area contributed by atoms with Crippen LogP contribution in [0.5, 0.6) is 5.75 Å². The third kappa shape index (κ3) is 5.47. The Morgan fingerprint density at radius 2 is 1.79 bits per heavy atom. The van der Waals surface area contributed by atoms with Gasteiger partial charge in [0.2, 0.25) is 11.8 Å². The van der Waals surface area contributed by atoms with E-state index in [0.29, 0.717) is 35.5 Å². The van der Waals surface area contributed by atoms with Crippen molar-refractivity contribution in [1.29, 1.82) is 5.41 Å². The number of ether oxygens (including phenoxy) is 1. The number of imidazole rings is 1. The summed E-state index contributed by atoms with van der Waals surface area (Å²) in [6, 6.07) is 9.17. The van der Waals surface area contributed by atoms with Crippen LogP contribution >= 0.6 is 0 Å². The van der Waals surface area contributed by atoms with Gasteiger partial charge in [0.05, 0.1) is 17.7 Å². The average Bonchev–Trinajstić information content (AvgIpc) is 3.63. The highest BCUT2D eigenvalue weighted by atomic mass is 19.1. The number of aryl methyl sites for hydroxylation is 1. The largest absolute Gasteiger partial charge is 0.452 e. The number of allylic oxidation sites excluding steroid dienone is 3. The molecule has 2 aromatic carbocycles. The van der Waals surface area contributed by atoms with Gasteiger partial charge in [0.1, 0.15) is 11.2 Å². The SMILES string of the molecule is Cn1cnc(C2=CN/C(=C\C=N)C(Oc3ccc(NC(=O)C4(C(=O)Nc5ccc(F)cc5)CC4)cc3F)=C2)c1. The zero-order valence-electron chi connectivity index (χ0n) is 20.8. The summed E-state index contributed by atoms with van der Waals surface area (Å²) in [5.41, 5.74) is 1.08. The van der Waals surface area contributed by atoms with Gasteiger partial charge in [0.15, 0.2) is 17.3 Å². The molecule has 4 N–H and O–H groups in total. The molecule has 2 aliphatic rings. The van der Waals surface area contributed by atoms with Crippen LogP contribution in [0.4, 0.5) is 20.2 Å². The third-order valence-corrected chi connectivity index (χ3v) is 6.32. The topological polar surface area (TPSA) is 121 Å². The lowest BCUT2D eigenvalue weighted by Crippen LogP contribution is -2.35. The van der Waals surface area contributed by atoms with E-state index in [-0.39, 0.29) is 17.2 Å². The van der Waals surface area contributed by atoms with Gasteiger partial charge in [-0.1, -0.05) is 0 Å². The number of anilines is 2. The van der Waals surface area contributed by atoms with Crippen LogP contribution in [0.2, 0.25) is 0 Å². The number of nitrogens with one attached hydrogen (secondary N) is 4. The summed E-state index contributed by atoms with van der Waals surface area (Å²) in [6.07, 6.45) is 10.1. The molecule has 0 spiro atoms. The van der Waals surface area contributed by atoms with E-state index in [1.165, 1.54) is 42.5 Å². The first-order valence-corrected chi connectivity index (χ1v) is 12.0. The summed E-state index contributed by atoms with van der Waals surface area (Å²) >= 11 is 0. The molecule has 0 unspecified atom stereocenters. The van der Waals surface area contributed by atoms with E-state index in [9.17, 15) is 14.0 Å². The molecule has 9 nitrogen and oxygen atoms in total. The number of carbonyl (C=O) groups is 2. The molecule has 3 aromatic rings. The van der Waals surface area contributed by atoms with Crippen molar-refractivity contribution in [3.63, 3.8) is 0 Å². The lowest BCUT2D eigenvalue weighted by Gasteiger charge is -2.19. The van der Waals surface area contributed by atoms with E-state index >= 15 is 4.39 Å². The molecular weight excluding hydrogens is 506 g/mol. The monoisotopic (exact) mass is 530 g/mol. The van der Waals surface area contributed by atoms with Crippen LogP contribution in [0, 0.1) is 22.5 Å². The fourth-order valence-electron chi connectivity index (χ4n) is 3.99. The smallest absolute Gasteiger partial charge is 0.240 e. The minimum Gasteiger partial charge on any atom is -0.452 e. The maximum atomic E-state index is 15.1. The molecule has 1 aromatic heterocycles. The Kier molecular flexibility index (Phi) is 6.80. The van der Waals surface area contributed by atoms with Crippen molar-refractivity contribution in [1.82, 2.24) is 14.9 Å². The molecule has 0 bridgehead atoms. The molecule has 198 valence electrons. The summed E-state index contributed by atoms with van der Waals surface area (Å²) in [6.45, 7) is 0. The van der Waals surface area contributed by atoms with Gasteiger partial charge in [-0.15, -0.1) is 0 Å². The number of rotatable bonds is 8. The number of aromatic nitrogens is 2. The molecule has 5 rings (SSSR count). The van der Waals surface area contributed by atoms with Gasteiger partial charge in [-0.2, -0.15) is 0 Å². The van der Waals surface area contributed by atoms with Crippen LogP contribution < -0.4 is 20.7 Å². The molecule has 0 radical (unpaired) electrons. The van der Waals surface area contributed by atoms with Crippen molar-refractivity contribution in [2.24, 2.45) is 12.5 Å². The van der Waals surface area contributed by atoms with Crippen molar-refractivity contribution in [2.75, 3.05) is 10.6 Å². The molecule has 1 aliphatic carbocycles. The van der Waals surface area contributed by atoms with Crippen molar-refractivity contribution in [2.45, 2.75) is 12.8 Å². The van der Waals surface area contributed by atoms with E-state index in [4.69, 9.17) is 10.1 Å². The Morgan fingerprint density at radius 1 is 1.10 bits per heavy atom. The first-order chi connectivity index (χ1) is 18.8. The number of dihydropyridines is 1. The molecule has 1 fully saturated rings. The minimum absolute atomic E-state index is 0.102. The highest BCUT2D eigenvalue weighted by Gasteiger charge is 2.56. The maximum Gasteiger partial charge on any atom is 0.240 e. The molecule has 39 heavy (non-hydrogen) atoms. The Hall–Kier alpha value is -5.06. The van der Waals surface area contributed by atoms with Crippen LogP contribution in [0.3, 0.4) is 0 Å². The highest BCUT2D eigenvalue weighted by molar-refractivity contribution is 6.16. The molecule has 1 saturated carbocycles. The fourth-order valence-corrected chi connectivity index (χ4v) is 3.99. The number of hydrogen-bond donors (Lipinski definition) is 4. The van der Waals surface area contributed by atoms with Crippen molar-refractivity contribution in [3.8, 4) is 5.75 Å². The van der Waals surface area contributed by atoms with E-state index in [1.54, 1.807) is 23.2 Å². The van der Waals surface area contributed by atoms with Gasteiger partial charge in [-0.3, -0.25) is 9.59 Å². The molecule has 0 atom stereocenters. The van der Waals surface area contributed by atoms with Crippen molar-refractivity contribution in [3.05, 3.63) is 102 Å². The van der Waals surface area contributed by atoms with Crippen LogP contribution in [-0.4, -0.2) is 27.6 Å². The number of amides is 2. The van der Waals surface area contributed by atoms with Gasteiger partial charge in [-0.25, -0.2) is 13.8 Å². The summed E-state index contributed by atoms with van der Waals surface area (Å²) in [5.74, 6) is -2.08. The van der Waals surface area contributed by atoms with Crippen LogP contribution in [0.1, 0.15) is 18.5 Å². The Bertz CT molecular complexity index is 1550. The third-order valence-electron chi connectivity index (χ3n) is 6.32. The predicted molar refractivity (Wildman–Crippen MR) is 142 cm³/mol. The summed E-state index contributed by atoms with van der Waals surface area (Å²) in [4.78, 5) is 30.0. The van der Waals surface area contributed by atoms with E-state index in [2.05, 4.69) is 20.9 Å². The minimum atomic E-state index is -1.28. The molecule has 0 saturated heterocycles. The highest BCUT2D eigenvalue weighted by Crippen LogP contribution is 2.47. The van der Waals surface area contributed by atoms with Gasteiger partial charge < -0.3 is 30.7 Å².